The Balaban J connectivity index is 1.92. The van der Waals surface area contributed by atoms with Crippen LogP contribution < -0.4 is 0 Å². The van der Waals surface area contributed by atoms with Crippen molar-refractivity contribution in [2.45, 2.75) is 20.8 Å². The number of hydrogen-bond acceptors (Lipinski definition) is 7. The average Bonchev–Trinajstić information content (AvgIpc) is 3.22. The van der Waals surface area contributed by atoms with Crippen LogP contribution in [0.25, 0.3) is 17.4 Å². The van der Waals surface area contributed by atoms with E-state index in [1.54, 1.807) is 36.4 Å². The molecule has 1 aliphatic heterocycles. The molecule has 1 aromatic carbocycles. The lowest BCUT2D eigenvalue weighted by Crippen LogP contribution is -2.44. The fraction of sp³-hybridized carbons (Fsp3) is 0.208. The van der Waals surface area contributed by atoms with Crippen LogP contribution in [0.1, 0.15) is 36.9 Å². The first kappa shape index (κ1) is 22.4. The first-order valence-electron chi connectivity index (χ1n) is 9.76. The Bertz CT molecular complexity index is 1210. The molecule has 0 unspecified atom stereocenters. The summed E-state index contributed by atoms with van der Waals surface area (Å²) in [5.41, 5.74) is 1.55. The van der Waals surface area contributed by atoms with E-state index in [0.717, 1.165) is 10.5 Å². The van der Waals surface area contributed by atoms with E-state index >= 15 is 0 Å². The number of benzene rings is 1. The van der Waals surface area contributed by atoms with E-state index in [1.165, 1.54) is 26.8 Å². The van der Waals surface area contributed by atoms with Crippen LogP contribution in [0.5, 0.6) is 0 Å². The van der Waals surface area contributed by atoms with Gasteiger partial charge in [-0.2, -0.15) is 5.26 Å². The topological polar surface area (TPSA) is 118 Å². The predicted molar refractivity (Wildman–Crippen MR) is 114 cm³/mol. The molecular formula is C24H20N2O6. The monoisotopic (exact) mass is 432 g/mol. The molecule has 0 bridgehead atoms. The molecule has 2 aromatic rings. The van der Waals surface area contributed by atoms with Crippen LogP contribution in [0.3, 0.4) is 0 Å². The molecule has 0 saturated heterocycles. The van der Waals surface area contributed by atoms with E-state index in [-0.39, 0.29) is 35.7 Å². The molecule has 1 aromatic heterocycles. The minimum absolute atomic E-state index is 0.0411. The van der Waals surface area contributed by atoms with Crippen LogP contribution in [0.2, 0.25) is 0 Å². The minimum Gasteiger partial charge on any atom is -0.464 e. The van der Waals surface area contributed by atoms with Crippen LogP contribution in [0.15, 0.2) is 57.5 Å². The number of rotatable bonds is 6. The molecule has 3 rings (SSSR count). The highest BCUT2D eigenvalue weighted by Gasteiger charge is 2.35. The standard InChI is InChI=1S/C24H20N2O6/c1-14-20(23(29)26(10-11-31-16(3)28)24(30)21(14)13-25)12-19-8-9-22(32-19)18-6-4-17(5-7-18)15(2)27/h4-9,12H,10-11H2,1-3H3/b20-12-. The smallest absolute Gasteiger partial charge is 0.302 e. The quantitative estimate of drug-likeness (QED) is 0.297. The third-order valence-corrected chi connectivity index (χ3v) is 4.93. The Morgan fingerprint density at radius 2 is 1.78 bits per heavy atom. The molecule has 8 nitrogen and oxygen atoms in total. The number of nitrogens with zero attached hydrogens (tertiary/aromatic N) is 2. The van der Waals surface area contributed by atoms with Gasteiger partial charge in [-0.1, -0.05) is 24.3 Å². The highest BCUT2D eigenvalue weighted by Crippen LogP contribution is 2.29. The summed E-state index contributed by atoms with van der Waals surface area (Å²) in [7, 11) is 0. The van der Waals surface area contributed by atoms with Gasteiger partial charge in [0.25, 0.3) is 11.8 Å². The third-order valence-electron chi connectivity index (χ3n) is 4.93. The van der Waals surface area contributed by atoms with Crippen molar-refractivity contribution >= 4 is 29.6 Å². The molecular weight excluding hydrogens is 412 g/mol. The Labute approximate surface area is 184 Å². The normalized spacial score (nSPS) is 15.2. The van der Waals surface area contributed by atoms with Crippen molar-refractivity contribution in [1.29, 1.82) is 5.26 Å². The van der Waals surface area contributed by atoms with Gasteiger partial charge in [-0.25, -0.2) is 0 Å². The van der Waals surface area contributed by atoms with E-state index < -0.39 is 17.8 Å². The first-order chi connectivity index (χ1) is 15.2. The third kappa shape index (κ3) is 4.57. The van der Waals surface area contributed by atoms with Gasteiger partial charge in [-0.3, -0.25) is 24.1 Å². The van der Waals surface area contributed by atoms with Crippen molar-refractivity contribution < 1.29 is 28.3 Å². The van der Waals surface area contributed by atoms with Crippen molar-refractivity contribution in [3.63, 3.8) is 0 Å². The highest BCUT2D eigenvalue weighted by atomic mass is 16.5. The molecule has 8 heteroatoms. The summed E-state index contributed by atoms with van der Waals surface area (Å²) in [5.74, 6) is -1.04. The summed E-state index contributed by atoms with van der Waals surface area (Å²) in [6, 6.07) is 12.1. The highest BCUT2D eigenvalue weighted by molar-refractivity contribution is 6.19. The van der Waals surface area contributed by atoms with Crippen LogP contribution >= 0.6 is 0 Å². The molecule has 0 radical (unpaired) electrons. The van der Waals surface area contributed by atoms with Crippen molar-refractivity contribution in [3.05, 3.63) is 64.4 Å². The molecule has 0 spiro atoms. The zero-order valence-corrected chi connectivity index (χ0v) is 17.8. The maximum atomic E-state index is 12.9. The Hall–Kier alpha value is -4.25. The van der Waals surface area contributed by atoms with Gasteiger partial charge in [0, 0.05) is 23.6 Å². The van der Waals surface area contributed by atoms with Gasteiger partial charge in [-0.15, -0.1) is 0 Å². The fourth-order valence-corrected chi connectivity index (χ4v) is 3.21. The Morgan fingerprint density at radius 3 is 2.38 bits per heavy atom. The SMILES string of the molecule is CC(=O)OCCN1C(=O)C(C#N)=C(C)/C(=C/c2ccc(-c3ccc(C(C)=O)cc3)o2)C1=O. The summed E-state index contributed by atoms with van der Waals surface area (Å²) in [6.45, 7) is 3.89. The lowest BCUT2D eigenvalue weighted by Gasteiger charge is -2.27. The number of hydrogen-bond donors (Lipinski definition) is 0. The number of nitriles is 1. The summed E-state index contributed by atoms with van der Waals surface area (Å²) < 4.78 is 10.6. The van der Waals surface area contributed by atoms with Gasteiger partial charge >= 0.3 is 5.97 Å². The second-order valence-corrected chi connectivity index (χ2v) is 7.11. The zero-order chi connectivity index (χ0) is 23.4. The molecule has 0 N–H and O–H groups in total. The molecule has 0 saturated carbocycles. The molecule has 0 fully saturated rings. The van der Waals surface area contributed by atoms with Crippen LogP contribution in [-0.2, 0) is 19.1 Å². The number of carbonyl (C=O) groups is 4. The predicted octanol–water partition coefficient (Wildman–Crippen LogP) is 3.30. The number of Topliss-reactive ketones (excluding diaryl/α,β-unsaturated/α-hetero) is 1. The Kier molecular flexibility index (Phi) is 6.50. The van der Waals surface area contributed by atoms with Crippen molar-refractivity contribution in [3.8, 4) is 17.4 Å². The summed E-state index contributed by atoms with van der Waals surface area (Å²) in [5, 5.41) is 9.42. The van der Waals surface area contributed by atoms with Gasteiger partial charge in [0.2, 0.25) is 0 Å². The summed E-state index contributed by atoms with van der Waals surface area (Å²) in [6.07, 6.45) is 1.47. The lowest BCUT2D eigenvalue weighted by atomic mass is 9.94. The van der Waals surface area contributed by atoms with Gasteiger partial charge in [-0.05, 0) is 37.6 Å². The maximum Gasteiger partial charge on any atom is 0.302 e. The summed E-state index contributed by atoms with van der Waals surface area (Å²) >= 11 is 0. The van der Waals surface area contributed by atoms with E-state index in [2.05, 4.69) is 0 Å². The second-order valence-electron chi connectivity index (χ2n) is 7.11. The molecule has 2 amide bonds. The number of ketones is 1. The van der Waals surface area contributed by atoms with E-state index in [9.17, 15) is 24.4 Å². The number of carbonyl (C=O) groups excluding carboxylic acids is 4. The number of amides is 2. The van der Waals surface area contributed by atoms with Crippen LogP contribution in [0, 0.1) is 11.3 Å². The lowest BCUT2D eigenvalue weighted by molar-refractivity contribution is -0.147. The average molecular weight is 432 g/mol. The first-order valence-corrected chi connectivity index (χ1v) is 9.76. The molecule has 0 atom stereocenters. The van der Waals surface area contributed by atoms with Crippen LogP contribution in [-0.4, -0.2) is 41.6 Å². The maximum absolute atomic E-state index is 12.9. The fourth-order valence-electron chi connectivity index (χ4n) is 3.21. The van der Waals surface area contributed by atoms with E-state index in [4.69, 9.17) is 9.15 Å². The molecule has 162 valence electrons. The number of furan rings is 1. The zero-order valence-electron chi connectivity index (χ0n) is 17.8. The number of ether oxygens (including phenoxy) is 1. The van der Waals surface area contributed by atoms with E-state index in [1.807, 2.05) is 6.07 Å². The number of esters is 1. The van der Waals surface area contributed by atoms with Gasteiger partial charge < -0.3 is 9.15 Å². The van der Waals surface area contributed by atoms with Gasteiger partial charge in [0.15, 0.2) is 5.78 Å². The van der Waals surface area contributed by atoms with Crippen molar-refractivity contribution in [2.75, 3.05) is 13.2 Å². The van der Waals surface area contributed by atoms with Crippen LogP contribution in [0.4, 0.5) is 0 Å². The minimum atomic E-state index is -0.731. The molecule has 2 heterocycles. The van der Waals surface area contributed by atoms with Crippen molar-refractivity contribution in [1.82, 2.24) is 4.90 Å². The summed E-state index contributed by atoms with van der Waals surface area (Å²) in [4.78, 5) is 48.8. The largest absolute Gasteiger partial charge is 0.464 e. The second kappa shape index (κ2) is 9.27. The number of imide groups is 1. The van der Waals surface area contributed by atoms with E-state index in [0.29, 0.717) is 17.1 Å². The molecule has 0 aliphatic carbocycles. The van der Waals surface area contributed by atoms with Crippen molar-refractivity contribution in [2.24, 2.45) is 0 Å². The van der Waals surface area contributed by atoms with Gasteiger partial charge in [0.1, 0.15) is 29.8 Å². The Morgan fingerprint density at radius 1 is 1.09 bits per heavy atom. The molecule has 32 heavy (non-hydrogen) atoms. The molecule has 1 aliphatic rings. The van der Waals surface area contributed by atoms with Gasteiger partial charge in [0.05, 0.1) is 6.54 Å².